The lowest BCUT2D eigenvalue weighted by Gasteiger charge is -2.40. The van der Waals surface area contributed by atoms with Gasteiger partial charge in [0, 0.05) is 43.8 Å². The lowest BCUT2D eigenvalue weighted by molar-refractivity contribution is -0.0468. The fourth-order valence-electron chi connectivity index (χ4n) is 4.34. The molecule has 0 spiro atoms. The van der Waals surface area contributed by atoms with E-state index in [0.717, 1.165) is 30.0 Å². The zero-order valence-electron chi connectivity index (χ0n) is 17.3. The number of anilines is 2. The Bertz CT molecular complexity index is 1080. The first-order chi connectivity index (χ1) is 14.5. The Kier molecular flexibility index (Phi) is 4.55. The second-order valence-corrected chi connectivity index (χ2v) is 8.14. The van der Waals surface area contributed by atoms with Gasteiger partial charge in [-0.25, -0.2) is 4.98 Å². The fourth-order valence-corrected chi connectivity index (χ4v) is 4.34. The number of carbonyl (C=O) groups excluding carboxylic acids is 1. The zero-order valence-corrected chi connectivity index (χ0v) is 17.3. The average molecular weight is 403 g/mol. The molecule has 0 aliphatic carbocycles. The van der Waals surface area contributed by atoms with Crippen LogP contribution in [0, 0.1) is 0 Å². The number of carbonyl (C=O) groups is 1. The van der Waals surface area contributed by atoms with Gasteiger partial charge in [0.1, 0.15) is 11.4 Å². The molecule has 5 rings (SSSR count). The molecule has 2 aromatic heterocycles. The lowest BCUT2D eigenvalue weighted by atomic mass is 9.97. The molecule has 1 amide bonds. The second-order valence-electron chi connectivity index (χ2n) is 8.14. The van der Waals surface area contributed by atoms with Gasteiger partial charge < -0.3 is 14.5 Å². The number of pyridine rings is 1. The van der Waals surface area contributed by atoms with E-state index in [9.17, 15) is 4.79 Å². The predicted molar refractivity (Wildman–Crippen MR) is 115 cm³/mol. The molecule has 154 valence electrons. The number of benzene rings is 1. The molecule has 7 heteroatoms. The Morgan fingerprint density at radius 3 is 2.77 bits per heavy atom. The number of rotatable bonds is 3. The largest absolute Gasteiger partial charge is 0.367 e. The van der Waals surface area contributed by atoms with Crippen molar-refractivity contribution in [3.05, 3.63) is 71.7 Å². The Morgan fingerprint density at radius 2 is 2.00 bits per heavy atom. The highest BCUT2D eigenvalue weighted by Gasteiger charge is 2.35. The van der Waals surface area contributed by atoms with Crippen LogP contribution < -0.4 is 9.80 Å². The monoisotopic (exact) mass is 403 g/mol. The van der Waals surface area contributed by atoms with Crippen molar-refractivity contribution in [2.24, 2.45) is 7.05 Å². The average Bonchev–Trinajstić information content (AvgIpc) is 3.40. The molecular formula is C23H25N5O2. The molecule has 0 radical (unpaired) electrons. The highest BCUT2D eigenvalue weighted by atomic mass is 16.5. The van der Waals surface area contributed by atoms with E-state index >= 15 is 0 Å². The molecule has 1 atom stereocenters. The smallest absolute Gasteiger partial charge is 0.259 e. The number of nitrogens with zero attached hydrogens (tertiary/aromatic N) is 5. The highest BCUT2D eigenvalue weighted by molar-refractivity contribution is 6.07. The summed E-state index contributed by atoms with van der Waals surface area (Å²) < 4.78 is 7.89. The van der Waals surface area contributed by atoms with Gasteiger partial charge in [0.25, 0.3) is 5.91 Å². The van der Waals surface area contributed by atoms with Gasteiger partial charge in [-0.2, -0.15) is 5.10 Å². The molecule has 7 nitrogen and oxygen atoms in total. The third kappa shape index (κ3) is 3.25. The summed E-state index contributed by atoms with van der Waals surface area (Å²) in [6.07, 6.45) is 6.43. The van der Waals surface area contributed by atoms with E-state index in [1.54, 1.807) is 10.9 Å². The maximum absolute atomic E-state index is 13.0. The zero-order chi connectivity index (χ0) is 20.7. The SMILES string of the molecule is Cn1cc(C2(C)CN(c3ccc(C(=O)N4CCc5ccccc54)cn3)CCO2)cn1. The van der Waals surface area contributed by atoms with Gasteiger partial charge in [-0.15, -0.1) is 0 Å². The van der Waals surface area contributed by atoms with E-state index in [2.05, 4.69) is 28.0 Å². The number of hydrogen-bond acceptors (Lipinski definition) is 5. The van der Waals surface area contributed by atoms with Crippen molar-refractivity contribution in [2.45, 2.75) is 18.9 Å². The van der Waals surface area contributed by atoms with E-state index < -0.39 is 5.60 Å². The molecule has 2 aliphatic rings. The number of ether oxygens (including phenoxy) is 1. The van der Waals surface area contributed by atoms with Gasteiger partial charge in [-0.05, 0) is 37.1 Å². The molecule has 1 fully saturated rings. The van der Waals surface area contributed by atoms with Crippen molar-refractivity contribution in [3.8, 4) is 0 Å². The summed E-state index contributed by atoms with van der Waals surface area (Å²) in [7, 11) is 1.91. The van der Waals surface area contributed by atoms with Gasteiger partial charge >= 0.3 is 0 Å². The maximum atomic E-state index is 13.0. The molecule has 3 aromatic rings. The molecule has 1 unspecified atom stereocenters. The minimum Gasteiger partial charge on any atom is -0.367 e. The maximum Gasteiger partial charge on any atom is 0.259 e. The summed E-state index contributed by atoms with van der Waals surface area (Å²) in [5, 5.41) is 4.28. The summed E-state index contributed by atoms with van der Waals surface area (Å²) in [5.41, 5.74) is 3.44. The molecule has 1 saturated heterocycles. The molecular weight excluding hydrogens is 378 g/mol. The normalized spacial score (nSPS) is 21.0. The summed E-state index contributed by atoms with van der Waals surface area (Å²) in [5.74, 6) is 0.855. The minimum atomic E-state index is -0.443. The fraction of sp³-hybridized carbons (Fsp3) is 0.348. The number of hydrogen-bond donors (Lipinski definition) is 0. The van der Waals surface area contributed by atoms with Crippen molar-refractivity contribution < 1.29 is 9.53 Å². The number of para-hydroxylation sites is 1. The van der Waals surface area contributed by atoms with E-state index in [0.29, 0.717) is 25.3 Å². The highest BCUT2D eigenvalue weighted by Crippen LogP contribution is 2.32. The predicted octanol–water partition coefficient (Wildman–Crippen LogP) is 2.77. The van der Waals surface area contributed by atoms with Crippen molar-refractivity contribution in [1.82, 2.24) is 14.8 Å². The molecule has 2 aliphatic heterocycles. The number of aryl methyl sites for hydroxylation is 1. The second kappa shape index (κ2) is 7.25. The van der Waals surface area contributed by atoms with Crippen LogP contribution in [0.3, 0.4) is 0 Å². The van der Waals surface area contributed by atoms with Gasteiger partial charge in [0.2, 0.25) is 0 Å². The number of morpholine rings is 1. The standard InChI is InChI=1S/C23H25N5O2/c1-23(19-14-25-26(2)15-19)16-27(11-12-30-23)21-8-7-18(13-24-21)22(29)28-10-9-17-5-3-4-6-20(17)28/h3-8,13-15H,9-12,16H2,1-2H3. The van der Waals surface area contributed by atoms with Crippen LogP contribution in [0.4, 0.5) is 11.5 Å². The molecule has 1 aromatic carbocycles. The Morgan fingerprint density at radius 1 is 1.13 bits per heavy atom. The van der Waals surface area contributed by atoms with Crippen LogP contribution in [0.2, 0.25) is 0 Å². The lowest BCUT2D eigenvalue weighted by Crippen LogP contribution is -2.48. The van der Waals surface area contributed by atoms with Gasteiger partial charge in [-0.1, -0.05) is 18.2 Å². The number of amides is 1. The van der Waals surface area contributed by atoms with Crippen LogP contribution in [-0.4, -0.2) is 46.9 Å². The quantitative estimate of drug-likeness (QED) is 0.673. The summed E-state index contributed by atoms with van der Waals surface area (Å²) in [6.45, 7) is 4.85. The third-order valence-electron chi connectivity index (χ3n) is 6.04. The Labute approximate surface area is 175 Å². The van der Waals surface area contributed by atoms with Gasteiger partial charge in [0.15, 0.2) is 0 Å². The van der Waals surface area contributed by atoms with Crippen LogP contribution in [0.15, 0.2) is 55.0 Å². The summed E-state index contributed by atoms with van der Waals surface area (Å²) in [6, 6.07) is 11.9. The first kappa shape index (κ1) is 18.8. The molecule has 0 N–H and O–H groups in total. The van der Waals surface area contributed by atoms with Crippen molar-refractivity contribution in [2.75, 3.05) is 36.0 Å². The third-order valence-corrected chi connectivity index (χ3v) is 6.04. The van der Waals surface area contributed by atoms with Gasteiger partial charge in [0.05, 0.1) is 24.9 Å². The number of fused-ring (bicyclic) bond motifs is 1. The van der Waals surface area contributed by atoms with E-state index in [1.165, 1.54) is 5.56 Å². The molecule has 0 bridgehead atoms. The van der Waals surface area contributed by atoms with Crippen LogP contribution >= 0.6 is 0 Å². The Balaban J connectivity index is 1.33. The van der Waals surface area contributed by atoms with E-state index in [1.807, 2.05) is 54.7 Å². The van der Waals surface area contributed by atoms with Crippen molar-refractivity contribution >= 4 is 17.4 Å². The van der Waals surface area contributed by atoms with Crippen LogP contribution in [0.5, 0.6) is 0 Å². The van der Waals surface area contributed by atoms with Crippen LogP contribution in [0.1, 0.15) is 28.4 Å². The van der Waals surface area contributed by atoms with E-state index in [4.69, 9.17) is 4.74 Å². The van der Waals surface area contributed by atoms with E-state index in [-0.39, 0.29) is 5.91 Å². The van der Waals surface area contributed by atoms with Crippen LogP contribution in [-0.2, 0) is 23.8 Å². The van der Waals surface area contributed by atoms with Crippen molar-refractivity contribution in [1.29, 1.82) is 0 Å². The molecule has 0 saturated carbocycles. The molecule has 30 heavy (non-hydrogen) atoms. The van der Waals surface area contributed by atoms with Crippen LogP contribution in [0.25, 0.3) is 0 Å². The van der Waals surface area contributed by atoms with Crippen molar-refractivity contribution in [3.63, 3.8) is 0 Å². The topological polar surface area (TPSA) is 63.5 Å². The first-order valence-electron chi connectivity index (χ1n) is 10.3. The number of aromatic nitrogens is 3. The first-order valence-corrected chi connectivity index (χ1v) is 10.3. The summed E-state index contributed by atoms with van der Waals surface area (Å²) >= 11 is 0. The van der Waals surface area contributed by atoms with Gasteiger partial charge in [-0.3, -0.25) is 9.48 Å². The summed E-state index contributed by atoms with van der Waals surface area (Å²) in [4.78, 5) is 21.7. The molecule has 4 heterocycles. The minimum absolute atomic E-state index is 0.00109. The Hall–Kier alpha value is -3.19.